The fourth-order valence-electron chi connectivity index (χ4n) is 11.6. The molecule has 89 heavy (non-hydrogen) atoms. The van der Waals surface area contributed by atoms with E-state index < -0.39 is 51.8 Å². The Bertz CT molecular complexity index is 3280. The minimum atomic E-state index is -4.26. The van der Waals surface area contributed by atoms with Gasteiger partial charge in [0, 0.05) is 50.0 Å². The van der Waals surface area contributed by atoms with Crippen molar-refractivity contribution in [2.45, 2.75) is 177 Å². The molecular formula is C68H86N6O14S. The zero-order valence-corrected chi connectivity index (χ0v) is 52.5. The fraction of sp³-hybridized carbons (Fsp3) is 0.471. The van der Waals surface area contributed by atoms with Gasteiger partial charge >= 0.3 is 6.09 Å². The molecule has 8 rings (SSSR count). The number of aryl methyl sites for hydroxylation is 1. The zero-order valence-electron chi connectivity index (χ0n) is 51.7. The van der Waals surface area contributed by atoms with Crippen LogP contribution in [0.15, 0.2) is 138 Å². The third kappa shape index (κ3) is 19.7. The maximum absolute atomic E-state index is 13.3. The molecule has 478 valence electrons. The highest BCUT2D eigenvalue weighted by Gasteiger charge is 2.58. The standard InChI is InChI=1S/C68H86N6O14S/c1-43(2)86-46(5)25-33-62(76)73-58-36-45(4)59(87-47(58)6)31-23-44(3)24-32-60-66(80)68(42-85-68)38-50(88-60)37-64(78)70-39-48-26-29-51(30-27-48)89(82,83)74-63(77)34-28-49-16-9-14-21-57(49)72-65(79)40-71-61(75)22-8-7-15-35-69-67(81)84-41-56-54-19-12-10-17-52(54)53-18-11-13-20-55(53)56/h9-14,16-21,23-27,29-30,32-33,43,45-47,50,56,58-60,66,80H,7-8,15,22,28,31,34-42H2,1-6H3,(H,69,81)(H,70,78)(H,71,75)(H,72,79)(H,73,76)(H,74,77)/b32-24+,33-25-,44-23+/t45-,46-,47+,50+,58+,59-,60+,66+,68+/m0/s1. The Morgan fingerprint density at radius 1 is 0.787 bits per heavy atom. The van der Waals surface area contributed by atoms with Crippen molar-refractivity contribution in [1.82, 2.24) is 26.0 Å². The first-order chi connectivity index (χ1) is 42.6. The van der Waals surface area contributed by atoms with Crippen LogP contribution < -0.4 is 31.3 Å². The number of ether oxygens (including phenoxy) is 5. The monoisotopic (exact) mass is 1240 g/mol. The van der Waals surface area contributed by atoms with Crippen LogP contribution in [0, 0.1) is 5.92 Å². The second kappa shape index (κ2) is 31.8. The highest BCUT2D eigenvalue weighted by Crippen LogP contribution is 2.45. The number of benzene rings is 4. The van der Waals surface area contributed by atoms with Gasteiger partial charge in [0.05, 0.1) is 61.0 Å². The molecule has 9 atom stereocenters. The lowest BCUT2D eigenvalue weighted by Crippen LogP contribution is -2.50. The topological polar surface area (TPSA) is 278 Å². The van der Waals surface area contributed by atoms with Gasteiger partial charge in [-0.05, 0) is 124 Å². The molecule has 0 radical (unpaired) electrons. The van der Waals surface area contributed by atoms with E-state index >= 15 is 0 Å². The summed E-state index contributed by atoms with van der Waals surface area (Å²) < 4.78 is 58.3. The predicted molar refractivity (Wildman–Crippen MR) is 337 cm³/mol. The van der Waals surface area contributed by atoms with Crippen LogP contribution in [0.5, 0.6) is 0 Å². The Hall–Kier alpha value is -7.53. The quantitative estimate of drug-likeness (QED) is 0.0117. The van der Waals surface area contributed by atoms with Crippen molar-refractivity contribution in [3.63, 3.8) is 0 Å². The van der Waals surface area contributed by atoms with Gasteiger partial charge < -0.3 is 55.4 Å². The minimum Gasteiger partial charge on any atom is -0.449 e. The summed E-state index contributed by atoms with van der Waals surface area (Å²) in [6, 6.07) is 28.7. The molecule has 3 saturated heterocycles. The van der Waals surface area contributed by atoms with Gasteiger partial charge in [-0.2, -0.15) is 0 Å². The number of epoxide rings is 1. The minimum absolute atomic E-state index is 0.00147. The number of hydrogen-bond donors (Lipinski definition) is 7. The smallest absolute Gasteiger partial charge is 0.407 e. The van der Waals surface area contributed by atoms with Crippen molar-refractivity contribution in [2.75, 3.05) is 31.6 Å². The molecular weight excluding hydrogens is 1160 g/mol. The highest BCUT2D eigenvalue weighted by molar-refractivity contribution is 7.90. The second-order valence-corrected chi connectivity index (χ2v) is 25.6. The number of fused-ring (bicyclic) bond motifs is 3. The molecule has 3 aliphatic heterocycles. The van der Waals surface area contributed by atoms with E-state index in [1.807, 2.05) is 65.0 Å². The molecule has 1 aliphatic carbocycles. The molecule has 4 aliphatic rings. The van der Waals surface area contributed by atoms with Gasteiger partial charge in [0.1, 0.15) is 24.4 Å². The van der Waals surface area contributed by atoms with Crippen molar-refractivity contribution >= 4 is 51.3 Å². The summed E-state index contributed by atoms with van der Waals surface area (Å²) in [6.45, 7) is 12.6. The van der Waals surface area contributed by atoms with Crippen LogP contribution in [0.25, 0.3) is 11.1 Å². The van der Waals surface area contributed by atoms with E-state index in [1.165, 1.54) is 18.2 Å². The number of aliphatic hydroxyl groups excluding tert-OH is 1. The van der Waals surface area contributed by atoms with Gasteiger partial charge in [0.15, 0.2) is 0 Å². The summed E-state index contributed by atoms with van der Waals surface area (Å²) in [5, 5.41) is 25.3. The van der Waals surface area contributed by atoms with Crippen LogP contribution >= 0.6 is 0 Å². The van der Waals surface area contributed by atoms with Gasteiger partial charge in [-0.15, -0.1) is 0 Å². The first kappa shape index (κ1) is 67.4. The number of carbonyl (C=O) groups is 6. The van der Waals surface area contributed by atoms with E-state index in [9.17, 15) is 42.3 Å². The summed E-state index contributed by atoms with van der Waals surface area (Å²) in [6.07, 6.45) is 9.69. The number of para-hydroxylation sites is 1. The first-order valence-electron chi connectivity index (χ1n) is 30.9. The Morgan fingerprint density at radius 3 is 2.19 bits per heavy atom. The van der Waals surface area contributed by atoms with Crippen LogP contribution in [-0.2, 0) is 70.6 Å². The number of carbonyl (C=O) groups excluding carboxylic acids is 6. The van der Waals surface area contributed by atoms with Crippen LogP contribution in [0.1, 0.15) is 128 Å². The number of hydrogen-bond acceptors (Lipinski definition) is 14. The number of anilines is 1. The molecule has 3 fully saturated rings. The van der Waals surface area contributed by atoms with E-state index in [0.717, 1.165) is 34.2 Å². The lowest BCUT2D eigenvalue weighted by molar-refractivity contribution is -0.145. The first-order valence-corrected chi connectivity index (χ1v) is 32.4. The van der Waals surface area contributed by atoms with Gasteiger partial charge in [-0.1, -0.05) is 122 Å². The van der Waals surface area contributed by atoms with Crippen LogP contribution in [0.2, 0.25) is 0 Å². The Kier molecular flexibility index (Phi) is 24.1. The molecule has 3 heterocycles. The Morgan fingerprint density at radius 2 is 1.48 bits per heavy atom. The lowest BCUT2D eigenvalue weighted by atomic mass is 9.87. The molecule has 0 unspecified atom stereocenters. The third-order valence-corrected chi connectivity index (χ3v) is 17.9. The molecule has 0 aromatic heterocycles. The number of unbranched alkanes of at least 4 members (excludes halogenated alkanes) is 2. The SMILES string of the molecule is CC(/C=C/[C@H]1O[C@H](CC(=O)NCc2ccc(S(=O)(=O)NC(=O)CCc3ccccc3NC(=O)CNC(=O)CCCCCNC(=O)OCC3c4ccccc4-c4ccccc43)cc2)C[C@@]2(CO2)[C@@H]1O)=C\C[C@@H]1O[C@H](C)[C@H](NC(=O)/C=C\[C@H](C)OC(C)C)C[C@@H]1C. The molecule has 7 N–H and O–H groups in total. The van der Waals surface area contributed by atoms with Crippen molar-refractivity contribution < 1.29 is 66.0 Å². The summed E-state index contributed by atoms with van der Waals surface area (Å²) >= 11 is 0. The Balaban J connectivity index is 0.691. The van der Waals surface area contributed by atoms with E-state index in [4.69, 9.17) is 23.7 Å². The fourth-order valence-corrected chi connectivity index (χ4v) is 12.6. The number of alkyl carbamates (subject to hydrolysis) is 1. The van der Waals surface area contributed by atoms with Crippen LogP contribution in [-0.4, -0.2) is 130 Å². The van der Waals surface area contributed by atoms with Crippen molar-refractivity contribution in [2.24, 2.45) is 5.92 Å². The summed E-state index contributed by atoms with van der Waals surface area (Å²) in [4.78, 5) is 76.7. The number of aliphatic hydroxyl groups is 1. The van der Waals surface area contributed by atoms with Crippen molar-refractivity contribution in [1.29, 1.82) is 0 Å². The van der Waals surface area contributed by atoms with E-state index in [-0.39, 0.29) is 110 Å². The Labute approximate surface area is 522 Å². The lowest BCUT2D eigenvalue weighted by Gasteiger charge is -2.39. The number of amides is 6. The van der Waals surface area contributed by atoms with E-state index in [1.54, 1.807) is 48.6 Å². The number of rotatable bonds is 29. The summed E-state index contributed by atoms with van der Waals surface area (Å²) in [7, 11) is -4.26. The predicted octanol–water partition coefficient (Wildman–Crippen LogP) is 8.13. The second-order valence-electron chi connectivity index (χ2n) is 23.9. The molecule has 0 bridgehead atoms. The molecule has 4 aromatic rings. The highest BCUT2D eigenvalue weighted by atomic mass is 32.2. The summed E-state index contributed by atoms with van der Waals surface area (Å²) in [5.74, 6) is -1.88. The van der Waals surface area contributed by atoms with Crippen molar-refractivity contribution in [3.05, 3.63) is 155 Å². The molecule has 6 amide bonds. The third-order valence-electron chi connectivity index (χ3n) is 16.5. The van der Waals surface area contributed by atoms with Gasteiger partial charge in [-0.3, -0.25) is 24.0 Å². The molecule has 0 saturated carbocycles. The zero-order chi connectivity index (χ0) is 63.7. The van der Waals surface area contributed by atoms with Crippen molar-refractivity contribution in [3.8, 4) is 11.1 Å². The maximum atomic E-state index is 13.3. The average Bonchev–Trinajstić information content (AvgIpc) is 1.79. The number of sulfonamides is 1. The molecule has 20 nitrogen and oxygen atoms in total. The van der Waals surface area contributed by atoms with E-state index in [2.05, 4.69) is 68.6 Å². The number of allylic oxidation sites excluding steroid dienone is 2. The van der Waals surface area contributed by atoms with E-state index in [0.29, 0.717) is 62.1 Å². The summed E-state index contributed by atoms with van der Waals surface area (Å²) in [5.41, 5.74) is 6.33. The van der Waals surface area contributed by atoms with Gasteiger partial charge in [-0.25, -0.2) is 17.9 Å². The molecule has 21 heteroatoms. The van der Waals surface area contributed by atoms with Gasteiger partial charge in [0.2, 0.25) is 29.5 Å². The normalized spacial score (nSPS) is 22.7. The van der Waals surface area contributed by atoms with Crippen LogP contribution in [0.3, 0.4) is 0 Å². The molecule has 4 aromatic carbocycles. The molecule has 1 spiro atoms. The van der Waals surface area contributed by atoms with Gasteiger partial charge in [0.25, 0.3) is 10.0 Å². The maximum Gasteiger partial charge on any atom is 0.407 e. The van der Waals surface area contributed by atoms with Crippen LogP contribution in [0.4, 0.5) is 10.5 Å². The largest absolute Gasteiger partial charge is 0.449 e. The average molecular weight is 1240 g/mol. The number of nitrogens with one attached hydrogen (secondary N) is 6.